The number of nitrogens with two attached hydrogens (primary N) is 1. The number of benzene rings is 2. The first kappa shape index (κ1) is 22.5. The molecule has 2 aromatic carbocycles. The van der Waals surface area contributed by atoms with Gasteiger partial charge in [-0.25, -0.2) is 9.18 Å². The number of cyclic esters (lactones) is 1. The van der Waals surface area contributed by atoms with E-state index in [1.54, 1.807) is 23.2 Å². The lowest BCUT2D eigenvalue weighted by Crippen LogP contribution is -2.49. The molecule has 2 amide bonds. The molecule has 0 saturated carbocycles. The predicted molar refractivity (Wildman–Crippen MR) is 122 cm³/mol. The minimum absolute atomic E-state index is 0.0655. The average molecular weight is 448 g/mol. The number of halogens is 1. The van der Waals surface area contributed by atoms with Crippen molar-refractivity contribution in [2.75, 3.05) is 6.54 Å². The van der Waals surface area contributed by atoms with E-state index in [1.807, 2.05) is 49.5 Å². The molecule has 0 unspecified atom stereocenters. The van der Waals surface area contributed by atoms with E-state index < -0.39 is 17.6 Å². The van der Waals surface area contributed by atoms with Crippen LogP contribution in [0.1, 0.15) is 43.4 Å². The smallest absolute Gasteiger partial charge is 0.411 e. The summed E-state index contributed by atoms with van der Waals surface area (Å²) in [6.45, 7) is 2.38. The molecule has 6 nitrogen and oxygen atoms in total. The quantitative estimate of drug-likeness (QED) is 0.555. The second kappa shape index (κ2) is 9.40. The highest BCUT2D eigenvalue weighted by Crippen LogP contribution is 2.40. The van der Waals surface area contributed by atoms with Gasteiger partial charge in [-0.15, -0.1) is 0 Å². The van der Waals surface area contributed by atoms with Crippen LogP contribution in [0.25, 0.3) is 11.1 Å². The molecule has 1 saturated heterocycles. The van der Waals surface area contributed by atoms with Crippen LogP contribution in [0.3, 0.4) is 0 Å². The van der Waals surface area contributed by atoms with Gasteiger partial charge < -0.3 is 15.4 Å². The Kier molecular flexibility index (Phi) is 6.40. The molecule has 1 aromatic heterocycles. The van der Waals surface area contributed by atoms with Crippen molar-refractivity contribution in [2.24, 2.45) is 5.73 Å². The van der Waals surface area contributed by atoms with Gasteiger partial charge in [0.25, 0.3) is 0 Å². The number of primary amides is 1. The molecule has 0 bridgehead atoms. The summed E-state index contributed by atoms with van der Waals surface area (Å²) >= 11 is 0. The number of hydrogen-bond acceptors (Lipinski definition) is 4. The van der Waals surface area contributed by atoms with Gasteiger partial charge in [-0.3, -0.25) is 9.78 Å². The van der Waals surface area contributed by atoms with Crippen LogP contribution in [0.2, 0.25) is 0 Å². The second-order valence-electron chi connectivity index (χ2n) is 8.32. The van der Waals surface area contributed by atoms with Gasteiger partial charge in [0.2, 0.25) is 5.91 Å². The van der Waals surface area contributed by atoms with E-state index in [2.05, 4.69) is 4.98 Å². The molecule has 2 atom stereocenters. The lowest BCUT2D eigenvalue weighted by Gasteiger charge is -2.43. The molecule has 2 N–H and O–H groups in total. The Morgan fingerprint density at radius 2 is 1.88 bits per heavy atom. The number of nitrogens with zero attached hydrogens (tertiary/aromatic N) is 2. The monoisotopic (exact) mass is 447 g/mol. The number of carbonyl (C=O) groups is 2. The summed E-state index contributed by atoms with van der Waals surface area (Å²) in [7, 11) is 0. The van der Waals surface area contributed by atoms with Crippen LogP contribution in [0.15, 0.2) is 73.1 Å². The van der Waals surface area contributed by atoms with E-state index >= 15 is 0 Å². The Hall–Kier alpha value is -3.74. The van der Waals surface area contributed by atoms with E-state index in [4.69, 9.17) is 10.5 Å². The number of hydrogen-bond donors (Lipinski definition) is 1. The standard InChI is InChI=1S/C26H26FN3O3/c1-18(19-4-6-20(7-5-19)21-3-2-15-29-17-21)30-16-14-26(33-25(30)32,13-12-24(28)31)22-8-10-23(27)11-9-22/h2-11,15,17-18H,12-14,16H2,1H3,(H2,28,31)/t18-,26+/m0/s1. The predicted octanol–water partition coefficient (Wildman–Crippen LogP) is 4.95. The molecule has 0 spiro atoms. The highest BCUT2D eigenvalue weighted by atomic mass is 19.1. The number of amides is 2. The average Bonchev–Trinajstić information content (AvgIpc) is 2.83. The molecule has 4 rings (SSSR count). The van der Waals surface area contributed by atoms with Crippen LogP contribution in [0.5, 0.6) is 0 Å². The molecule has 7 heteroatoms. The summed E-state index contributed by atoms with van der Waals surface area (Å²) in [6.07, 6.45) is 3.85. The molecular weight excluding hydrogens is 421 g/mol. The zero-order valence-electron chi connectivity index (χ0n) is 18.4. The van der Waals surface area contributed by atoms with Crippen LogP contribution in [0, 0.1) is 5.82 Å². The summed E-state index contributed by atoms with van der Waals surface area (Å²) in [6, 6.07) is 17.5. The van der Waals surface area contributed by atoms with E-state index in [9.17, 15) is 14.0 Å². The molecular formula is C26H26FN3O3. The minimum Gasteiger partial charge on any atom is -0.438 e. The molecule has 2 heterocycles. The van der Waals surface area contributed by atoms with Gasteiger partial charge in [0.15, 0.2) is 0 Å². The summed E-state index contributed by atoms with van der Waals surface area (Å²) in [5.74, 6) is -0.854. The van der Waals surface area contributed by atoms with Gasteiger partial charge in [-0.2, -0.15) is 0 Å². The summed E-state index contributed by atoms with van der Waals surface area (Å²) in [5.41, 5.74) is 8.04. The summed E-state index contributed by atoms with van der Waals surface area (Å²) < 4.78 is 19.4. The molecule has 1 aliphatic rings. The fourth-order valence-corrected chi connectivity index (χ4v) is 4.29. The Bertz CT molecular complexity index is 1120. The molecule has 0 aliphatic carbocycles. The largest absolute Gasteiger partial charge is 0.438 e. The molecule has 0 radical (unpaired) electrons. The fraction of sp³-hybridized carbons (Fsp3) is 0.269. The van der Waals surface area contributed by atoms with Crippen LogP contribution in [-0.2, 0) is 15.1 Å². The summed E-state index contributed by atoms with van der Waals surface area (Å²) in [5, 5.41) is 0. The van der Waals surface area contributed by atoms with Crippen molar-refractivity contribution in [1.29, 1.82) is 0 Å². The van der Waals surface area contributed by atoms with Gasteiger partial charge in [0.05, 0.1) is 6.04 Å². The van der Waals surface area contributed by atoms with Crippen molar-refractivity contribution in [3.8, 4) is 11.1 Å². The van der Waals surface area contributed by atoms with Gasteiger partial charge >= 0.3 is 6.09 Å². The van der Waals surface area contributed by atoms with E-state index in [0.717, 1.165) is 16.7 Å². The lowest BCUT2D eigenvalue weighted by atomic mass is 9.84. The highest BCUT2D eigenvalue weighted by molar-refractivity contribution is 5.74. The number of pyridine rings is 1. The lowest BCUT2D eigenvalue weighted by molar-refractivity contribution is -0.121. The van der Waals surface area contributed by atoms with Crippen molar-refractivity contribution in [1.82, 2.24) is 9.88 Å². The van der Waals surface area contributed by atoms with Crippen LogP contribution in [-0.4, -0.2) is 28.4 Å². The maximum Gasteiger partial charge on any atom is 0.411 e. The number of rotatable bonds is 7. The van der Waals surface area contributed by atoms with Crippen molar-refractivity contribution in [3.63, 3.8) is 0 Å². The first-order valence-electron chi connectivity index (χ1n) is 10.9. The first-order chi connectivity index (χ1) is 15.9. The Labute approximate surface area is 192 Å². The van der Waals surface area contributed by atoms with Crippen molar-refractivity contribution in [3.05, 3.63) is 90.0 Å². The SMILES string of the molecule is C[C@@H](c1ccc(-c2cccnc2)cc1)N1CC[C@](CCC(N)=O)(c2ccc(F)cc2)OC1=O. The Morgan fingerprint density at radius 1 is 1.15 bits per heavy atom. The third kappa shape index (κ3) is 4.87. The molecule has 1 aliphatic heterocycles. The fourth-order valence-electron chi connectivity index (χ4n) is 4.29. The van der Waals surface area contributed by atoms with E-state index in [1.165, 1.54) is 12.1 Å². The molecule has 33 heavy (non-hydrogen) atoms. The third-order valence-electron chi connectivity index (χ3n) is 6.27. The minimum atomic E-state index is -1.01. The molecule has 1 fully saturated rings. The van der Waals surface area contributed by atoms with Gasteiger partial charge in [0.1, 0.15) is 11.4 Å². The second-order valence-corrected chi connectivity index (χ2v) is 8.32. The maximum absolute atomic E-state index is 13.5. The van der Waals surface area contributed by atoms with Crippen LogP contribution in [0.4, 0.5) is 9.18 Å². The zero-order valence-corrected chi connectivity index (χ0v) is 18.4. The first-order valence-corrected chi connectivity index (χ1v) is 10.9. The third-order valence-corrected chi connectivity index (χ3v) is 6.27. The Balaban J connectivity index is 1.52. The highest BCUT2D eigenvalue weighted by Gasteiger charge is 2.43. The normalized spacial score (nSPS) is 19.1. The van der Waals surface area contributed by atoms with Crippen LogP contribution >= 0.6 is 0 Å². The van der Waals surface area contributed by atoms with Gasteiger partial charge in [-0.1, -0.05) is 42.5 Å². The molecule has 3 aromatic rings. The summed E-state index contributed by atoms with van der Waals surface area (Å²) in [4.78, 5) is 30.4. The Morgan fingerprint density at radius 3 is 2.48 bits per heavy atom. The number of aromatic nitrogens is 1. The van der Waals surface area contributed by atoms with Crippen molar-refractivity contribution in [2.45, 2.75) is 37.8 Å². The van der Waals surface area contributed by atoms with E-state index in [-0.39, 0.29) is 24.7 Å². The van der Waals surface area contributed by atoms with Gasteiger partial charge in [0, 0.05) is 38.2 Å². The zero-order chi connectivity index (χ0) is 23.4. The topological polar surface area (TPSA) is 85.5 Å². The molecule has 170 valence electrons. The number of ether oxygens (including phenoxy) is 1. The maximum atomic E-state index is 13.5. The van der Waals surface area contributed by atoms with Crippen molar-refractivity contribution < 1.29 is 18.7 Å². The van der Waals surface area contributed by atoms with E-state index in [0.29, 0.717) is 18.5 Å². The number of carbonyl (C=O) groups excluding carboxylic acids is 2. The van der Waals surface area contributed by atoms with Crippen molar-refractivity contribution >= 4 is 12.0 Å². The van der Waals surface area contributed by atoms with Crippen LogP contribution < -0.4 is 5.73 Å². The van der Waals surface area contributed by atoms with Gasteiger partial charge in [-0.05, 0) is 47.4 Å².